The number of nitrogens with zero attached hydrogens (tertiary/aromatic N) is 2. The van der Waals surface area contributed by atoms with Crippen molar-refractivity contribution in [2.75, 3.05) is 25.6 Å². The van der Waals surface area contributed by atoms with Gasteiger partial charge in [-0.1, -0.05) is 19.8 Å². The van der Waals surface area contributed by atoms with Crippen molar-refractivity contribution in [1.82, 2.24) is 9.55 Å². The predicted octanol–water partition coefficient (Wildman–Crippen LogP) is 3.00. The van der Waals surface area contributed by atoms with Gasteiger partial charge in [-0.25, -0.2) is 4.98 Å². The molecule has 1 aromatic rings. The zero-order valence-electron chi connectivity index (χ0n) is 11.8. The van der Waals surface area contributed by atoms with Crippen molar-refractivity contribution in [3.05, 3.63) is 11.9 Å². The summed E-state index contributed by atoms with van der Waals surface area (Å²) in [5.41, 5.74) is 1.09. The molecule has 18 heavy (non-hydrogen) atoms. The quantitative estimate of drug-likeness (QED) is 0.818. The molecule has 0 aromatic carbocycles. The number of rotatable bonds is 5. The molecule has 1 aromatic heterocycles. The summed E-state index contributed by atoms with van der Waals surface area (Å²) < 4.78 is 7.42. The summed E-state index contributed by atoms with van der Waals surface area (Å²) in [6.45, 7) is 5.95. The number of hydrogen-bond donors (Lipinski definition) is 1. The number of methoxy groups -OCH3 is 1. The minimum Gasteiger partial charge on any atom is -0.383 e. The van der Waals surface area contributed by atoms with Gasteiger partial charge in [-0.05, 0) is 25.7 Å². The summed E-state index contributed by atoms with van der Waals surface area (Å²) in [4.78, 5) is 4.59. The maximum Gasteiger partial charge on any atom is 0.203 e. The predicted molar refractivity (Wildman–Crippen MR) is 74.0 cm³/mol. The summed E-state index contributed by atoms with van der Waals surface area (Å²) in [5, 5.41) is 3.38. The fraction of sp³-hybridized carbons (Fsp3) is 0.786. The number of hydrogen-bond acceptors (Lipinski definition) is 3. The van der Waals surface area contributed by atoms with Crippen molar-refractivity contribution >= 4 is 5.95 Å². The van der Waals surface area contributed by atoms with Crippen molar-refractivity contribution < 1.29 is 4.74 Å². The van der Waals surface area contributed by atoms with Gasteiger partial charge in [-0.15, -0.1) is 0 Å². The van der Waals surface area contributed by atoms with E-state index in [0.29, 0.717) is 12.6 Å². The lowest BCUT2D eigenvalue weighted by atomic mass is 9.86. The lowest BCUT2D eigenvalue weighted by Crippen LogP contribution is -2.23. The van der Waals surface area contributed by atoms with E-state index in [2.05, 4.69) is 34.9 Å². The summed E-state index contributed by atoms with van der Waals surface area (Å²) >= 11 is 0. The average Bonchev–Trinajstić information content (AvgIpc) is 2.71. The molecule has 2 unspecified atom stereocenters. The van der Waals surface area contributed by atoms with E-state index in [1.807, 2.05) is 0 Å². The molecule has 2 rings (SSSR count). The molecule has 4 heteroatoms. The van der Waals surface area contributed by atoms with E-state index in [4.69, 9.17) is 4.74 Å². The average molecular weight is 251 g/mol. The van der Waals surface area contributed by atoms with E-state index in [1.54, 1.807) is 7.11 Å². The molecule has 1 aliphatic carbocycles. The van der Waals surface area contributed by atoms with Crippen LogP contribution < -0.4 is 5.32 Å². The summed E-state index contributed by atoms with van der Waals surface area (Å²) in [7, 11) is 1.72. The fourth-order valence-electron chi connectivity index (χ4n) is 2.87. The van der Waals surface area contributed by atoms with Gasteiger partial charge < -0.3 is 14.6 Å². The van der Waals surface area contributed by atoms with Gasteiger partial charge in [-0.2, -0.15) is 0 Å². The SMILES string of the molecule is COCCNc1nc(C)cn1C1CCCCC1C. The van der Waals surface area contributed by atoms with Crippen LogP contribution in [0.2, 0.25) is 0 Å². The molecule has 1 fully saturated rings. The fourth-order valence-corrected chi connectivity index (χ4v) is 2.87. The molecule has 1 aliphatic rings. The Labute approximate surface area is 110 Å². The Kier molecular flexibility index (Phi) is 4.64. The van der Waals surface area contributed by atoms with Crippen LogP contribution in [0.3, 0.4) is 0 Å². The van der Waals surface area contributed by atoms with Crippen LogP contribution in [0.15, 0.2) is 6.20 Å². The highest BCUT2D eigenvalue weighted by atomic mass is 16.5. The number of aryl methyl sites for hydroxylation is 1. The molecule has 102 valence electrons. The van der Waals surface area contributed by atoms with Crippen LogP contribution in [0.1, 0.15) is 44.3 Å². The van der Waals surface area contributed by atoms with Gasteiger partial charge in [-0.3, -0.25) is 0 Å². The minimum absolute atomic E-state index is 0.602. The van der Waals surface area contributed by atoms with Gasteiger partial charge in [0.25, 0.3) is 0 Å². The standard InChI is InChI=1S/C14H25N3O/c1-11-6-4-5-7-13(11)17-10-12(2)16-14(17)15-8-9-18-3/h10-11,13H,4-9H2,1-3H3,(H,15,16). The molecule has 0 radical (unpaired) electrons. The maximum absolute atomic E-state index is 5.08. The second-order valence-corrected chi connectivity index (χ2v) is 5.36. The van der Waals surface area contributed by atoms with Gasteiger partial charge in [0.1, 0.15) is 0 Å². The van der Waals surface area contributed by atoms with E-state index in [1.165, 1.54) is 25.7 Å². The molecule has 2 atom stereocenters. The molecule has 0 bridgehead atoms. The molecule has 1 N–H and O–H groups in total. The zero-order chi connectivity index (χ0) is 13.0. The van der Waals surface area contributed by atoms with Crippen molar-refractivity contribution in [2.24, 2.45) is 5.92 Å². The lowest BCUT2D eigenvalue weighted by molar-refractivity contribution is 0.210. The van der Waals surface area contributed by atoms with Crippen LogP contribution in [0.4, 0.5) is 5.95 Å². The van der Waals surface area contributed by atoms with Crippen LogP contribution in [-0.2, 0) is 4.74 Å². The van der Waals surface area contributed by atoms with E-state index in [-0.39, 0.29) is 0 Å². The van der Waals surface area contributed by atoms with Crippen molar-refractivity contribution in [3.63, 3.8) is 0 Å². The highest BCUT2D eigenvalue weighted by Gasteiger charge is 2.24. The normalized spacial score (nSPS) is 24.2. The van der Waals surface area contributed by atoms with Crippen LogP contribution in [0.25, 0.3) is 0 Å². The molecular formula is C14H25N3O. The number of imidazole rings is 1. The lowest BCUT2D eigenvalue weighted by Gasteiger charge is -2.31. The monoisotopic (exact) mass is 251 g/mol. The van der Waals surface area contributed by atoms with Gasteiger partial charge in [0.2, 0.25) is 5.95 Å². The van der Waals surface area contributed by atoms with E-state index >= 15 is 0 Å². The Morgan fingerprint density at radius 1 is 1.44 bits per heavy atom. The zero-order valence-corrected chi connectivity index (χ0v) is 11.8. The first kappa shape index (κ1) is 13.4. The molecular weight excluding hydrogens is 226 g/mol. The van der Waals surface area contributed by atoms with Gasteiger partial charge >= 0.3 is 0 Å². The Hall–Kier alpha value is -1.03. The third-order valence-electron chi connectivity index (χ3n) is 3.87. The Bertz CT molecular complexity index is 375. The van der Waals surface area contributed by atoms with E-state index in [9.17, 15) is 0 Å². The van der Waals surface area contributed by atoms with Crippen molar-refractivity contribution in [1.29, 1.82) is 0 Å². The topological polar surface area (TPSA) is 39.1 Å². The molecule has 1 saturated carbocycles. The summed E-state index contributed by atoms with van der Waals surface area (Å²) in [5.74, 6) is 1.75. The first-order chi connectivity index (χ1) is 8.72. The molecule has 0 amide bonds. The van der Waals surface area contributed by atoms with Crippen LogP contribution >= 0.6 is 0 Å². The minimum atomic E-state index is 0.602. The van der Waals surface area contributed by atoms with Gasteiger partial charge in [0.05, 0.1) is 12.3 Å². The second-order valence-electron chi connectivity index (χ2n) is 5.36. The van der Waals surface area contributed by atoms with Gasteiger partial charge in [0.15, 0.2) is 0 Å². The highest BCUT2D eigenvalue weighted by molar-refractivity contribution is 5.29. The van der Waals surface area contributed by atoms with Crippen molar-refractivity contribution in [3.8, 4) is 0 Å². The number of nitrogens with one attached hydrogen (secondary N) is 1. The largest absolute Gasteiger partial charge is 0.383 e. The first-order valence-corrected chi connectivity index (χ1v) is 7.00. The third-order valence-corrected chi connectivity index (χ3v) is 3.87. The third kappa shape index (κ3) is 3.05. The second kappa shape index (κ2) is 6.23. The molecule has 1 heterocycles. The van der Waals surface area contributed by atoms with Crippen LogP contribution in [-0.4, -0.2) is 29.8 Å². The van der Waals surface area contributed by atoms with Gasteiger partial charge in [0, 0.05) is 25.9 Å². The highest BCUT2D eigenvalue weighted by Crippen LogP contribution is 2.35. The van der Waals surface area contributed by atoms with E-state index < -0.39 is 0 Å². The Balaban J connectivity index is 2.10. The van der Waals surface area contributed by atoms with Crippen LogP contribution in [0, 0.1) is 12.8 Å². The van der Waals surface area contributed by atoms with E-state index in [0.717, 1.165) is 24.1 Å². The number of anilines is 1. The first-order valence-electron chi connectivity index (χ1n) is 7.00. The molecule has 4 nitrogen and oxygen atoms in total. The summed E-state index contributed by atoms with van der Waals surface area (Å²) in [6.07, 6.45) is 7.50. The number of aromatic nitrogens is 2. The summed E-state index contributed by atoms with van der Waals surface area (Å²) in [6, 6.07) is 0.602. The van der Waals surface area contributed by atoms with Crippen LogP contribution in [0.5, 0.6) is 0 Å². The Morgan fingerprint density at radius 2 is 2.22 bits per heavy atom. The molecule has 0 saturated heterocycles. The molecule has 0 aliphatic heterocycles. The Morgan fingerprint density at radius 3 is 2.94 bits per heavy atom. The smallest absolute Gasteiger partial charge is 0.203 e. The molecule has 0 spiro atoms. The van der Waals surface area contributed by atoms with Crippen molar-refractivity contribution in [2.45, 2.75) is 45.6 Å². The maximum atomic E-state index is 5.08. The number of ether oxygens (including phenoxy) is 1.